The lowest BCUT2D eigenvalue weighted by Crippen LogP contribution is -2.15. The van der Waals surface area contributed by atoms with Gasteiger partial charge in [0.05, 0.1) is 21.3 Å². The van der Waals surface area contributed by atoms with Crippen LogP contribution in [0.1, 0.15) is 20.9 Å². The van der Waals surface area contributed by atoms with E-state index in [1.807, 2.05) is 0 Å². The number of primary sulfonamides is 1. The van der Waals surface area contributed by atoms with Gasteiger partial charge in [0.1, 0.15) is 4.88 Å². The molecule has 0 bridgehead atoms. The van der Waals surface area contributed by atoms with E-state index in [9.17, 15) is 13.2 Å². The summed E-state index contributed by atoms with van der Waals surface area (Å²) in [4.78, 5) is 12.3. The topological polar surface area (TPSA) is 115 Å². The molecule has 10 heteroatoms. The molecule has 2 aromatic rings. The molecule has 21 heavy (non-hydrogen) atoms. The summed E-state index contributed by atoms with van der Waals surface area (Å²) in [6.45, 7) is 3.28. The van der Waals surface area contributed by atoms with E-state index in [1.165, 1.54) is 12.1 Å². The number of hydrogen-bond acceptors (Lipinski definition) is 6. The maximum atomic E-state index is 12.1. The Bertz CT molecular complexity index is 794. The van der Waals surface area contributed by atoms with Crippen LogP contribution < -0.4 is 10.5 Å². The van der Waals surface area contributed by atoms with Crippen LogP contribution in [0.3, 0.4) is 0 Å². The summed E-state index contributed by atoms with van der Waals surface area (Å²) in [5.41, 5.74) is 1.31. The average molecular weight is 347 g/mol. The van der Waals surface area contributed by atoms with Crippen molar-refractivity contribution in [2.24, 2.45) is 5.14 Å². The van der Waals surface area contributed by atoms with Gasteiger partial charge in [-0.2, -0.15) is 0 Å². The minimum absolute atomic E-state index is 0.0857. The van der Waals surface area contributed by atoms with E-state index < -0.39 is 15.9 Å². The van der Waals surface area contributed by atoms with Crippen molar-refractivity contribution < 1.29 is 13.2 Å². The second-order valence-corrected chi connectivity index (χ2v) is 7.01. The number of halogens is 1. The predicted molar refractivity (Wildman–Crippen MR) is 80.2 cm³/mol. The number of rotatable bonds is 3. The fourth-order valence-corrected chi connectivity index (χ4v) is 3.20. The van der Waals surface area contributed by atoms with Crippen LogP contribution in [0.4, 0.5) is 5.69 Å². The van der Waals surface area contributed by atoms with Gasteiger partial charge in [0.2, 0.25) is 10.0 Å². The van der Waals surface area contributed by atoms with Crippen LogP contribution in [0.5, 0.6) is 0 Å². The molecule has 0 aliphatic carbocycles. The van der Waals surface area contributed by atoms with Crippen LogP contribution in [-0.2, 0) is 10.0 Å². The number of nitrogens with two attached hydrogens (primary N) is 1. The lowest BCUT2D eigenvalue weighted by atomic mass is 10.2. The average Bonchev–Trinajstić information content (AvgIpc) is 2.78. The maximum absolute atomic E-state index is 12.1. The highest BCUT2D eigenvalue weighted by Gasteiger charge is 2.18. The van der Waals surface area contributed by atoms with Crippen molar-refractivity contribution in [2.75, 3.05) is 5.32 Å². The molecule has 3 N–H and O–H groups in total. The summed E-state index contributed by atoms with van der Waals surface area (Å²) in [5, 5.41) is 11.5. The largest absolute Gasteiger partial charge is 0.320 e. The van der Waals surface area contributed by atoms with Crippen molar-refractivity contribution in [3.8, 4) is 0 Å². The fraction of sp³-hybridized carbons (Fsp3) is 0.182. The molecule has 0 atom stereocenters. The van der Waals surface area contributed by atoms with Gasteiger partial charge in [-0.1, -0.05) is 16.1 Å². The van der Waals surface area contributed by atoms with E-state index in [0.717, 1.165) is 11.5 Å². The predicted octanol–water partition coefficient (Wildman–Crippen LogP) is 1.71. The summed E-state index contributed by atoms with van der Waals surface area (Å²) < 4.78 is 26.3. The molecular formula is C11H11ClN4O3S2. The van der Waals surface area contributed by atoms with Crippen LogP contribution in [-0.4, -0.2) is 23.9 Å². The highest BCUT2D eigenvalue weighted by molar-refractivity contribution is 7.89. The lowest BCUT2D eigenvalue weighted by molar-refractivity contribution is 0.102. The van der Waals surface area contributed by atoms with Gasteiger partial charge in [0.25, 0.3) is 5.91 Å². The molecule has 0 aliphatic heterocycles. The number of hydrogen-bond donors (Lipinski definition) is 2. The molecule has 1 aromatic carbocycles. The zero-order chi connectivity index (χ0) is 15.8. The quantitative estimate of drug-likeness (QED) is 0.877. The molecule has 0 radical (unpaired) electrons. The van der Waals surface area contributed by atoms with E-state index in [4.69, 9.17) is 16.7 Å². The third-order valence-corrected chi connectivity index (χ3v) is 4.70. The van der Waals surface area contributed by atoms with E-state index >= 15 is 0 Å². The normalized spacial score (nSPS) is 11.4. The zero-order valence-corrected chi connectivity index (χ0v) is 13.4. The van der Waals surface area contributed by atoms with E-state index in [2.05, 4.69) is 14.9 Å². The van der Waals surface area contributed by atoms with Gasteiger partial charge < -0.3 is 5.32 Å². The Morgan fingerprint density at radius 3 is 2.52 bits per heavy atom. The van der Waals surface area contributed by atoms with Crippen LogP contribution in [0.2, 0.25) is 5.02 Å². The Morgan fingerprint density at radius 1 is 1.38 bits per heavy atom. The molecule has 0 spiro atoms. The first-order valence-corrected chi connectivity index (χ1v) is 8.33. The minimum atomic E-state index is -3.86. The van der Waals surface area contributed by atoms with E-state index in [1.54, 1.807) is 13.8 Å². The van der Waals surface area contributed by atoms with Gasteiger partial charge in [0.15, 0.2) is 0 Å². The monoisotopic (exact) mass is 346 g/mol. The second kappa shape index (κ2) is 5.68. The molecular weight excluding hydrogens is 336 g/mol. The number of nitrogens with one attached hydrogen (secondary N) is 1. The Morgan fingerprint density at radius 2 is 2.05 bits per heavy atom. The third kappa shape index (κ3) is 3.38. The second-order valence-electron chi connectivity index (χ2n) is 4.28. The van der Waals surface area contributed by atoms with Crippen molar-refractivity contribution in [3.05, 3.63) is 33.3 Å². The Balaban J connectivity index is 2.38. The number of anilines is 1. The number of sulfonamides is 1. The molecule has 112 valence electrons. The number of nitrogens with zero attached hydrogens (tertiary/aromatic N) is 2. The Kier molecular flexibility index (Phi) is 4.28. The van der Waals surface area contributed by atoms with Gasteiger partial charge >= 0.3 is 0 Å². The molecule has 2 rings (SSSR count). The molecule has 0 aliphatic rings. The highest BCUT2D eigenvalue weighted by atomic mass is 35.5. The number of benzene rings is 1. The molecule has 0 saturated heterocycles. The molecule has 7 nitrogen and oxygen atoms in total. The molecule has 1 amide bonds. The molecule has 1 heterocycles. The number of aromatic nitrogens is 2. The van der Waals surface area contributed by atoms with E-state index in [0.29, 0.717) is 21.8 Å². The zero-order valence-electron chi connectivity index (χ0n) is 11.0. The van der Waals surface area contributed by atoms with Crippen molar-refractivity contribution >= 4 is 44.8 Å². The fourth-order valence-electron chi connectivity index (χ4n) is 1.65. The van der Waals surface area contributed by atoms with Gasteiger partial charge in [-0.05, 0) is 43.1 Å². The third-order valence-electron chi connectivity index (χ3n) is 2.69. The first-order valence-electron chi connectivity index (χ1n) is 5.63. The van der Waals surface area contributed by atoms with Crippen molar-refractivity contribution in [3.63, 3.8) is 0 Å². The number of carbonyl (C=O) groups excluding carboxylic acids is 1. The number of carbonyl (C=O) groups is 1. The summed E-state index contributed by atoms with van der Waals surface area (Å²) in [5.74, 6) is -0.407. The molecule has 0 saturated carbocycles. The van der Waals surface area contributed by atoms with Crippen molar-refractivity contribution in [1.29, 1.82) is 0 Å². The van der Waals surface area contributed by atoms with Gasteiger partial charge in [-0.25, -0.2) is 13.6 Å². The summed E-state index contributed by atoms with van der Waals surface area (Å²) in [6.07, 6.45) is 0. The Labute approximate surface area is 130 Å². The van der Waals surface area contributed by atoms with Crippen LogP contribution in [0.15, 0.2) is 17.0 Å². The van der Waals surface area contributed by atoms with Crippen molar-refractivity contribution in [1.82, 2.24) is 9.59 Å². The van der Waals surface area contributed by atoms with Crippen LogP contribution in [0.25, 0.3) is 0 Å². The molecule has 0 fully saturated rings. The van der Waals surface area contributed by atoms with Gasteiger partial charge in [0, 0.05) is 0 Å². The summed E-state index contributed by atoms with van der Waals surface area (Å²) in [6, 6.07) is 2.53. The van der Waals surface area contributed by atoms with Crippen LogP contribution in [0, 0.1) is 13.8 Å². The molecule has 0 unspecified atom stereocenters. The highest BCUT2D eigenvalue weighted by Crippen LogP contribution is 2.29. The lowest BCUT2D eigenvalue weighted by Gasteiger charge is -2.11. The number of amides is 1. The standard InChI is InChI=1S/C11H11ClN4O3S2/c1-5-3-7(21(13,18)19)4-8(12)9(5)14-11(17)10-6(2)15-16-20-10/h3-4H,1-2H3,(H,14,17)(H2,13,18,19). The van der Waals surface area contributed by atoms with Crippen molar-refractivity contribution in [2.45, 2.75) is 18.7 Å². The number of aryl methyl sites for hydroxylation is 2. The summed E-state index contributed by atoms with van der Waals surface area (Å²) in [7, 11) is -3.86. The van der Waals surface area contributed by atoms with Crippen LogP contribution >= 0.6 is 23.1 Å². The first-order chi connectivity index (χ1) is 9.70. The maximum Gasteiger partial charge on any atom is 0.269 e. The smallest absolute Gasteiger partial charge is 0.269 e. The van der Waals surface area contributed by atoms with Gasteiger partial charge in [-0.3, -0.25) is 4.79 Å². The summed E-state index contributed by atoms with van der Waals surface area (Å²) >= 11 is 6.99. The van der Waals surface area contributed by atoms with E-state index in [-0.39, 0.29) is 9.92 Å². The van der Waals surface area contributed by atoms with Gasteiger partial charge in [-0.15, -0.1) is 5.10 Å². The SMILES string of the molecule is Cc1cc(S(N)(=O)=O)cc(Cl)c1NC(=O)c1snnc1C. The minimum Gasteiger partial charge on any atom is -0.320 e. The molecule has 1 aromatic heterocycles. The first kappa shape index (κ1) is 15.8. The Hall–Kier alpha value is -1.55.